The van der Waals surface area contributed by atoms with Crippen LogP contribution in [0.15, 0.2) is 133 Å². The molecule has 0 aliphatic heterocycles. The molecule has 0 saturated heterocycles. The fourth-order valence-electron chi connectivity index (χ4n) is 3.99. The molecule has 1 aromatic heterocycles. The molecular weight excluding hydrogens is 532 g/mol. The van der Waals surface area contributed by atoms with Gasteiger partial charge in [-0.15, -0.1) is 0 Å². The van der Waals surface area contributed by atoms with Gasteiger partial charge in [0.2, 0.25) is 0 Å². The largest absolute Gasteiger partial charge is 0.331 e. The molecule has 4 aromatic carbocycles. The molecule has 0 saturated carbocycles. The number of aromatic nitrogens is 2. The lowest BCUT2D eigenvalue weighted by molar-refractivity contribution is -0.118. The molecule has 202 valence electrons. The van der Waals surface area contributed by atoms with Crippen LogP contribution in [0.2, 0.25) is 0 Å². The van der Waals surface area contributed by atoms with E-state index in [1.165, 1.54) is 0 Å². The van der Waals surface area contributed by atoms with Crippen LogP contribution in [0.5, 0.6) is 0 Å². The zero-order valence-electron chi connectivity index (χ0n) is 21.8. The fourth-order valence-corrected chi connectivity index (χ4v) is 4.16. The molecule has 0 radical (unpaired) electrons. The summed E-state index contributed by atoms with van der Waals surface area (Å²) < 4.78 is 1.74. The average Bonchev–Trinajstić information content (AvgIpc) is 3.45. The predicted molar refractivity (Wildman–Crippen MR) is 165 cm³/mol. The van der Waals surface area contributed by atoms with Crippen LogP contribution < -0.4 is 21.5 Å². The summed E-state index contributed by atoms with van der Waals surface area (Å²) in [6.45, 7) is 0. The number of nitrogens with one attached hydrogen (secondary N) is 4. The zero-order valence-corrected chi connectivity index (χ0v) is 22.6. The monoisotopic (exact) mass is 558 g/mol. The minimum absolute atomic E-state index is 0.00124. The van der Waals surface area contributed by atoms with Crippen LogP contribution in [-0.4, -0.2) is 26.7 Å². The van der Waals surface area contributed by atoms with Crippen molar-refractivity contribution in [2.45, 2.75) is 0 Å². The van der Waals surface area contributed by atoms with Gasteiger partial charge in [-0.25, -0.2) is 4.68 Å². The van der Waals surface area contributed by atoms with Crippen molar-refractivity contribution in [1.29, 1.82) is 0 Å². The van der Waals surface area contributed by atoms with Gasteiger partial charge in [-0.3, -0.25) is 20.4 Å². The number of thiocarbonyl (C=S) groups is 1. The molecule has 8 nitrogen and oxygen atoms in total. The van der Waals surface area contributed by atoms with E-state index in [0.717, 1.165) is 16.9 Å². The molecule has 41 heavy (non-hydrogen) atoms. The highest BCUT2D eigenvalue weighted by Crippen LogP contribution is 2.25. The van der Waals surface area contributed by atoms with E-state index in [0.29, 0.717) is 16.8 Å². The van der Waals surface area contributed by atoms with Gasteiger partial charge in [0.25, 0.3) is 11.8 Å². The Hall–Kier alpha value is -5.54. The minimum atomic E-state index is -0.599. The molecule has 9 heteroatoms. The smallest absolute Gasteiger partial charge is 0.286 e. The average molecular weight is 559 g/mol. The summed E-state index contributed by atoms with van der Waals surface area (Å²) >= 11 is 5.32. The number of carbonyl (C=O) groups is 2. The first-order valence-corrected chi connectivity index (χ1v) is 13.2. The first-order valence-electron chi connectivity index (χ1n) is 12.8. The maximum Gasteiger partial charge on any atom is 0.286 e. The maximum atomic E-state index is 13.4. The molecule has 0 bridgehead atoms. The van der Waals surface area contributed by atoms with E-state index >= 15 is 0 Å². The molecule has 2 amide bonds. The summed E-state index contributed by atoms with van der Waals surface area (Å²) in [5.41, 5.74) is 9.41. The second-order valence-corrected chi connectivity index (χ2v) is 9.26. The molecule has 0 fully saturated rings. The van der Waals surface area contributed by atoms with Crippen LogP contribution in [0, 0.1) is 0 Å². The van der Waals surface area contributed by atoms with Crippen molar-refractivity contribution >= 4 is 40.9 Å². The van der Waals surface area contributed by atoms with Crippen LogP contribution in [0.3, 0.4) is 0 Å². The second kappa shape index (κ2) is 13.0. The number of nitrogens with zero attached hydrogens (tertiary/aromatic N) is 2. The Morgan fingerprint density at radius 3 is 1.98 bits per heavy atom. The Kier molecular flexibility index (Phi) is 8.58. The predicted octanol–water partition coefficient (Wildman–Crippen LogP) is 5.33. The summed E-state index contributed by atoms with van der Waals surface area (Å²) in [6.07, 6.45) is 3.41. The van der Waals surface area contributed by atoms with Crippen molar-refractivity contribution in [1.82, 2.24) is 25.9 Å². The van der Waals surface area contributed by atoms with Crippen LogP contribution in [0.4, 0.5) is 5.69 Å². The van der Waals surface area contributed by atoms with E-state index in [4.69, 9.17) is 17.3 Å². The Morgan fingerprint density at radius 1 is 0.732 bits per heavy atom. The van der Waals surface area contributed by atoms with E-state index in [-0.39, 0.29) is 10.8 Å². The van der Waals surface area contributed by atoms with Gasteiger partial charge >= 0.3 is 0 Å². The van der Waals surface area contributed by atoms with Crippen LogP contribution >= 0.6 is 12.2 Å². The molecule has 5 rings (SSSR count). The molecule has 1 heterocycles. The zero-order chi connectivity index (χ0) is 28.4. The normalized spacial score (nSPS) is 10.9. The molecule has 0 spiro atoms. The first-order chi connectivity index (χ1) is 20.1. The van der Waals surface area contributed by atoms with Gasteiger partial charge in [-0.2, -0.15) is 5.10 Å². The number of amides is 2. The Labute approximate surface area is 242 Å². The quantitative estimate of drug-likeness (QED) is 0.122. The van der Waals surface area contributed by atoms with Gasteiger partial charge in [0, 0.05) is 28.6 Å². The van der Waals surface area contributed by atoms with Crippen molar-refractivity contribution < 1.29 is 9.59 Å². The molecule has 4 N–H and O–H groups in total. The summed E-state index contributed by atoms with van der Waals surface area (Å²) in [6, 6.07) is 37.2. The molecule has 0 atom stereocenters. The van der Waals surface area contributed by atoms with Crippen molar-refractivity contribution in [2.24, 2.45) is 0 Å². The number of para-hydroxylation sites is 2. The van der Waals surface area contributed by atoms with E-state index < -0.39 is 11.8 Å². The van der Waals surface area contributed by atoms with Crippen LogP contribution in [-0.2, 0) is 4.79 Å². The molecule has 0 unspecified atom stereocenters. The van der Waals surface area contributed by atoms with E-state index in [2.05, 4.69) is 21.5 Å². The number of hydrogen-bond acceptors (Lipinski definition) is 4. The van der Waals surface area contributed by atoms with Gasteiger partial charge < -0.3 is 10.6 Å². The number of anilines is 1. The van der Waals surface area contributed by atoms with Crippen LogP contribution in [0.25, 0.3) is 23.0 Å². The molecular formula is C32H26N6O2S. The van der Waals surface area contributed by atoms with Crippen molar-refractivity contribution in [2.75, 3.05) is 5.32 Å². The lowest BCUT2D eigenvalue weighted by atomic mass is 10.1. The minimum Gasteiger partial charge on any atom is -0.331 e. The summed E-state index contributed by atoms with van der Waals surface area (Å²) in [5, 5.41) is 10.7. The lowest BCUT2D eigenvalue weighted by Crippen LogP contribution is -2.46. The number of hydrazine groups is 1. The molecule has 0 aliphatic rings. The highest BCUT2D eigenvalue weighted by Gasteiger charge is 2.18. The van der Waals surface area contributed by atoms with E-state index in [9.17, 15) is 9.59 Å². The summed E-state index contributed by atoms with van der Waals surface area (Å²) in [5.74, 6) is -1.04. The number of benzene rings is 4. The third kappa shape index (κ3) is 7.11. The van der Waals surface area contributed by atoms with Gasteiger partial charge in [-0.1, -0.05) is 84.9 Å². The SMILES string of the molecule is O=C(NNC(=S)Nc1ccccc1)/C(=C/c1cn(-c2ccccc2)nc1-c1ccccc1)NC(=O)c1ccccc1. The summed E-state index contributed by atoms with van der Waals surface area (Å²) in [7, 11) is 0. The molecule has 5 aromatic rings. The third-order valence-corrected chi connectivity index (χ3v) is 6.16. The van der Waals surface area contributed by atoms with Gasteiger partial charge in [-0.05, 0) is 54.7 Å². The highest BCUT2D eigenvalue weighted by molar-refractivity contribution is 7.80. The third-order valence-electron chi connectivity index (χ3n) is 5.96. The number of carbonyl (C=O) groups excluding carboxylic acids is 2. The van der Waals surface area contributed by atoms with Gasteiger partial charge in [0.1, 0.15) is 11.4 Å². The fraction of sp³-hybridized carbons (Fsp3) is 0. The summed E-state index contributed by atoms with van der Waals surface area (Å²) in [4.78, 5) is 26.5. The van der Waals surface area contributed by atoms with Crippen LogP contribution in [0.1, 0.15) is 15.9 Å². The van der Waals surface area contributed by atoms with Gasteiger partial charge in [0.05, 0.1) is 5.69 Å². The van der Waals surface area contributed by atoms with E-state index in [1.807, 2.05) is 103 Å². The highest BCUT2D eigenvalue weighted by atomic mass is 32.1. The maximum absolute atomic E-state index is 13.4. The van der Waals surface area contributed by atoms with E-state index in [1.54, 1.807) is 35.0 Å². The Morgan fingerprint density at radius 2 is 1.32 bits per heavy atom. The Balaban J connectivity index is 1.47. The number of rotatable bonds is 7. The molecule has 0 aliphatic carbocycles. The second-order valence-electron chi connectivity index (χ2n) is 8.86. The topological polar surface area (TPSA) is 100 Å². The van der Waals surface area contributed by atoms with Crippen molar-refractivity contribution in [3.63, 3.8) is 0 Å². The first kappa shape index (κ1) is 27.0. The standard InChI is InChI=1S/C32H26N6O2S/c39-30(24-15-7-2-8-16-24)34-28(31(40)35-36-32(41)33-26-17-9-3-10-18-26)21-25-22-38(27-19-11-4-12-20-27)37-29(25)23-13-5-1-6-14-23/h1-22H,(H,34,39)(H,35,40)(H2,33,36,41)/b28-21-. The number of hydrogen-bond donors (Lipinski definition) is 4. The van der Waals surface area contributed by atoms with Crippen molar-refractivity contribution in [3.05, 3.63) is 144 Å². The van der Waals surface area contributed by atoms with Crippen molar-refractivity contribution in [3.8, 4) is 16.9 Å². The van der Waals surface area contributed by atoms with Gasteiger partial charge in [0.15, 0.2) is 5.11 Å². The Bertz CT molecular complexity index is 1670. The lowest BCUT2D eigenvalue weighted by Gasteiger charge is -2.14.